The molecule has 0 saturated heterocycles. The van der Waals surface area contributed by atoms with Crippen LogP contribution in [-0.4, -0.2) is 40.6 Å². The molecule has 2 aliphatic rings. The van der Waals surface area contributed by atoms with Gasteiger partial charge in [0.25, 0.3) is 5.91 Å². The maximum absolute atomic E-state index is 12.7. The third-order valence-corrected chi connectivity index (χ3v) is 6.67. The van der Waals surface area contributed by atoms with E-state index >= 15 is 0 Å². The number of nitrogens with zero attached hydrogens (tertiary/aromatic N) is 2. The average Bonchev–Trinajstić information content (AvgIpc) is 3.18. The molecule has 3 aromatic rings. The number of benzene rings is 2. The molecule has 34 heavy (non-hydrogen) atoms. The van der Waals surface area contributed by atoms with Crippen LogP contribution in [0.2, 0.25) is 0 Å². The molecule has 5 rings (SSSR count). The van der Waals surface area contributed by atoms with Gasteiger partial charge in [-0.3, -0.25) is 9.59 Å². The fourth-order valence-corrected chi connectivity index (χ4v) is 4.73. The molecule has 1 saturated carbocycles. The number of rotatable bonds is 6. The number of aromatic nitrogens is 2. The van der Waals surface area contributed by atoms with Crippen LogP contribution in [0.5, 0.6) is 11.5 Å². The van der Waals surface area contributed by atoms with E-state index in [2.05, 4.69) is 10.6 Å². The number of hydrogen-bond acceptors (Lipinski definition) is 5. The summed E-state index contributed by atoms with van der Waals surface area (Å²) in [5, 5.41) is 5.99. The summed E-state index contributed by atoms with van der Waals surface area (Å²) >= 11 is 0. The normalized spacial score (nSPS) is 18.0. The molecule has 1 aromatic heterocycles. The molecule has 0 spiro atoms. The van der Waals surface area contributed by atoms with Crippen molar-refractivity contribution in [1.29, 1.82) is 0 Å². The van der Waals surface area contributed by atoms with Gasteiger partial charge in [0.1, 0.15) is 12.4 Å². The van der Waals surface area contributed by atoms with Crippen LogP contribution in [0.15, 0.2) is 42.5 Å². The molecule has 0 bridgehead atoms. The minimum absolute atomic E-state index is 0.158. The van der Waals surface area contributed by atoms with Crippen molar-refractivity contribution in [2.75, 3.05) is 18.5 Å². The molecule has 1 fully saturated rings. The van der Waals surface area contributed by atoms with Crippen molar-refractivity contribution in [2.24, 2.45) is 13.0 Å². The monoisotopic (exact) mass is 462 g/mol. The molecular formula is C26H30N4O4. The number of carbonyl (C=O) groups is 2. The first-order valence-corrected chi connectivity index (χ1v) is 12.0. The van der Waals surface area contributed by atoms with E-state index in [1.165, 1.54) is 6.42 Å². The molecule has 0 radical (unpaired) electrons. The maximum atomic E-state index is 12.7. The van der Waals surface area contributed by atoms with Crippen LogP contribution < -0.4 is 20.1 Å². The van der Waals surface area contributed by atoms with Crippen LogP contribution in [0.25, 0.3) is 11.0 Å². The summed E-state index contributed by atoms with van der Waals surface area (Å²) in [6.45, 7) is 0.724. The first-order valence-electron chi connectivity index (χ1n) is 12.0. The summed E-state index contributed by atoms with van der Waals surface area (Å²) in [6, 6.07) is 13.0. The Hall–Kier alpha value is -3.55. The van der Waals surface area contributed by atoms with E-state index in [4.69, 9.17) is 14.5 Å². The van der Waals surface area contributed by atoms with Gasteiger partial charge in [-0.1, -0.05) is 31.4 Å². The fraction of sp³-hybridized carbons (Fsp3) is 0.423. The van der Waals surface area contributed by atoms with Crippen LogP contribution in [0, 0.1) is 5.92 Å². The number of amides is 2. The molecule has 2 amide bonds. The smallest absolute Gasteiger partial charge is 0.269 e. The first-order chi connectivity index (χ1) is 16.6. The molecule has 1 atom stereocenters. The predicted octanol–water partition coefficient (Wildman–Crippen LogP) is 3.59. The van der Waals surface area contributed by atoms with Gasteiger partial charge in [-0.05, 0) is 43.2 Å². The standard InChI is InChI=1S/C26H30N4O4/c1-30-20-12-11-18(28-26(32)23-16-33-21-9-5-6-10-22(21)34-23)15-19(20)29-24(30)13-14-27-25(31)17-7-3-2-4-8-17/h5-6,9-12,15,17,23H,2-4,7-8,13-14,16H2,1H3,(H,27,31)(H,28,32). The summed E-state index contributed by atoms with van der Waals surface area (Å²) in [4.78, 5) is 29.9. The lowest BCUT2D eigenvalue weighted by atomic mass is 9.89. The second kappa shape index (κ2) is 9.75. The van der Waals surface area contributed by atoms with Crippen LogP contribution in [0.4, 0.5) is 5.69 Å². The SMILES string of the molecule is Cn1c(CCNC(=O)C2CCCCC2)nc2cc(NC(=O)C3COc4ccccc4O3)ccc21. The van der Waals surface area contributed by atoms with Crippen LogP contribution >= 0.6 is 0 Å². The Morgan fingerprint density at radius 2 is 1.85 bits per heavy atom. The summed E-state index contributed by atoms with van der Waals surface area (Å²) in [7, 11) is 1.97. The van der Waals surface area contributed by atoms with E-state index in [0.29, 0.717) is 30.2 Å². The van der Waals surface area contributed by atoms with Crippen molar-refractivity contribution in [3.63, 3.8) is 0 Å². The van der Waals surface area contributed by atoms with Crippen molar-refractivity contribution in [3.8, 4) is 11.5 Å². The highest BCUT2D eigenvalue weighted by atomic mass is 16.6. The Balaban J connectivity index is 1.20. The topological polar surface area (TPSA) is 94.5 Å². The van der Waals surface area contributed by atoms with Gasteiger partial charge >= 0.3 is 0 Å². The first kappa shape index (κ1) is 22.3. The third-order valence-electron chi connectivity index (χ3n) is 6.67. The predicted molar refractivity (Wildman–Crippen MR) is 129 cm³/mol. The van der Waals surface area contributed by atoms with Gasteiger partial charge in [-0.15, -0.1) is 0 Å². The number of hydrogen-bond donors (Lipinski definition) is 2. The number of carbonyl (C=O) groups excluding carboxylic acids is 2. The largest absolute Gasteiger partial charge is 0.485 e. The van der Waals surface area contributed by atoms with Crippen molar-refractivity contribution >= 4 is 28.5 Å². The van der Waals surface area contributed by atoms with E-state index in [-0.39, 0.29) is 24.3 Å². The number of para-hydroxylation sites is 2. The van der Waals surface area contributed by atoms with E-state index < -0.39 is 6.10 Å². The van der Waals surface area contributed by atoms with E-state index in [0.717, 1.165) is 42.5 Å². The summed E-state index contributed by atoms with van der Waals surface area (Å²) in [5.74, 6) is 2.16. The summed E-state index contributed by atoms with van der Waals surface area (Å²) in [6.07, 6.45) is 5.45. The van der Waals surface area contributed by atoms with Crippen molar-refractivity contribution in [2.45, 2.75) is 44.6 Å². The zero-order chi connectivity index (χ0) is 23.5. The molecule has 2 aromatic carbocycles. The van der Waals surface area contributed by atoms with Gasteiger partial charge in [0.2, 0.25) is 12.0 Å². The van der Waals surface area contributed by atoms with Gasteiger partial charge in [-0.25, -0.2) is 4.98 Å². The van der Waals surface area contributed by atoms with E-state index in [1.807, 2.05) is 48.0 Å². The van der Waals surface area contributed by atoms with Crippen molar-refractivity contribution < 1.29 is 19.1 Å². The quantitative estimate of drug-likeness (QED) is 0.584. The van der Waals surface area contributed by atoms with Gasteiger partial charge in [0, 0.05) is 31.6 Å². The van der Waals surface area contributed by atoms with Crippen LogP contribution in [-0.2, 0) is 23.1 Å². The number of imidazole rings is 1. The third kappa shape index (κ3) is 4.71. The highest BCUT2D eigenvalue weighted by Crippen LogP contribution is 2.31. The average molecular weight is 463 g/mol. The molecule has 1 unspecified atom stereocenters. The minimum Gasteiger partial charge on any atom is -0.485 e. The van der Waals surface area contributed by atoms with Crippen molar-refractivity contribution in [1.82, 2.24) is 14.9 Å². The van der Waals surface area contributed by atoms with Crippen LogP contribution in [0.3, 0.4) is 0 Å². The zero-order valence-electron chi connectivity index (χ0n) is 19.4. The Morgan fingerprint density at radius 1 is 1.06 bits per heavy atom. The number of nitrogens with one attached hydrogen (secondary N) is 2. The van der Waals surface area contributed by atoms with Gasteiger partial charge in [0.05, 0.1) is 11.0 Å². The second-order valence-electron chi connectivity index (χ2n) is 9.02. The highest BCUT2D eigenvalue weighted by molar-refractivity contribution is 5.96. The molecule has 8 nitrogen and oxygen atoms in total. The molecular weight excluding hydrogens is 432 g/mol. The Morgan fingerprint density at radius 3 is 2.68 bits per heavy atom. The lowest BCUT2D eigenvalue weighted by Crippen LogP contribution is -2.40. The van der Waals surface area contributed by atoms with E-state index in [9.17, 15) is 9.59 Å². The molecule has 8 heteroatoms. The van der Waals surface area contributed by atoms with E-state index in [1.54, 1.807) is 6.07 Å². The van der Waals surface area contributed by atoms with Crippen LogP contribution in [0.1, 0.15) is 37.9 Å². The second-order valence-corrected chi connectivity index (χ2v) is 9.02. The number of aryl methyl sites for hydroxylation is 1. The highest BCUT2D eigenvalue weighted by Gasteiger charge is 2.27. The summed E-state index contributed by atoms with van der Waals surface area (Å²) in [5.41, 5.74) is 2.41. The van der Waals surface area contributed by atoms with Gasteiger partial charge in [-0.2, -0.15) is 0 Å². The van der Waals surface area contributed by atoms with Gasteiger partial charge in [0.15, 0.2) is 11.5 Å². The Labute approximate surface area is 198 Å². The molecule has 178 valence electrons. The van der Waals surface area contributed by atoms with Crippen molar-refractivity contribution in [3.05, 3.63) is 48.3 Å². The zero-order valence-corrected chi connectivity index (χ0v) is 19.4. The number of fused-ring (bicyclic) bond motifs is 2. The number of ether oxygens (including phenoxy) is 2. The Kier molecular flexibility index (Phi) is 6.38. The lowest BCUT2D eigenvalue weighted by Gasteiger charge is -2.25. The summed E-state index contributed by atoms with van der Waals surface area (Å²) < 4.78 is 13.5. The minimum atomic E-state index is -0.724. The molecule has 1 aliphatic heterocycles. The number of anilines is 1. The fourth-order valence-electron chi connectivity index (χ4n) is 4.73. The molecule has 2 N–H and O–H groups in total. The molecule has 1 aliphatic carbocycles. The van der Waals surface area contributed by atoms with Gasteiger partial charge < -0.3 is 24.7 Å². The molecule has 2 heterocycles. The lowest BCUT2D eigenvalue weighted by molar-refractivity contribution is -0.126. The maximum Gasteiger partial charge on any atom is 0.269 e. The Bertz CT molecular complexity index is 1200.